The van der Waals surface area contributed by atoms with Gasteiger partial charge in [0.1, 0.15) is 11.2 Å². The van der Waals surface area contributed by atoms with E-state index < -0.39 is 5.41 Å². The van der Waals surface area contributed by atoms with E-state index in [0.29, 0.717) is 13.2 Å². The number of hydrogen-bond donors (Lipinski definition) is 1. The molecule has 1 heterocycles. The van der Waals surface area contributed by atoms with Crippen molar-refractivity contribution in [2.24, 2.45) is 5.73 Å². The largest absolute Gasteiger partial charge is 0.496 e. The number of rotatable bonds is 3. The third-order valence-electron chi connectivity index (χ3n) is 3.43. The van der Waals surface area contributed by atoms with E-state index in [9.17, 15) is 4.79 Å². The van der Waals surface area contributed by atoms with Crippen LogP contribution in [0.1, 0.15) is 16.7 Å². The Labute approximate surface area is 101 Å². The second kappa shape index (κ2) is 4.04. The summed E-state index contributed by atoms with van der Waals surface area (Å²) >= 11 is 0. The minimum Gasteiger partial charge on any atom is -0.496 e. The van der Waals surface area contributed by atoms with Crippen LogP contribution in [0.15, 0.2) is 12.1 Å². The first kappa shape index (κ1) is 11.9. The van der Waals surface area contributed by atoms with Gasteiger partial charge in [0.2, 0.25) is 5.91 Å². The number of primary amides is 1. The topological polar surface area (TPSA) is 61.5 Å². The highest BCUT2D eigenvalue weighted by Gasteiger charge is 2.47. The molecule has 92 valence electrons. The Morgan fingerprint density at radius 1 is 1.35 bits per heavy atom. The van der Waals surface area contributed by atoms with Crippen LogP contribution in [-0.4, -0.2) is 26.2 Å². The van der Waals surface area contributed by atoms with Crippen LogP contribution in [0.4, 0.5) is 0 Å². The Kier molecular flexibility index (Phi) is 2.83. The van der Waals surface area contributed by atoms with E-state index in [1.165, 1.54) is 0 Å². The van der Waals surface area contributed by atoms with Crippen LogP contribution < -0.4 is 10.5 Å². The highest BCUT2D eigenvalue weighted by atomic mass is 16.5. The predicted octanol–water partition coefficient (Wildman–Crippen LogP) is 1.07. The van der Waals surface area contributed by atoms with Crippen LogP contribution in [0, 0.1) is 13.8 Å². The summed E-state index contributed by atoms with van der Waals surface area (Å²) in [6.07, 6.45) is 0. The van der Waals surface area contributed by atoms with E-state index in [4.69, 9.17) is 15.2 Å². The molecule has 0 bridgehead atoms. The SMILES string of the molecule is COc1cc(C)c(C2(C(N)=O)COC2)cc1C. The molecule has 1 amide bonds. The first-order valence-electron chi connectivity index (χ1n) is 5.54. The summed E-state index contributed by atoms with van der Waals surface area (Å²) in [5, 5.41) is 0. The maximum atomic E-state index is 11.6. The number of carbonyl (C=O) groups is 1. The molecule has 0 aliphatic carbocycles. The molecule has 1 aromatic rings. The zero-order valence-electron chi connectivity index (χ0n) is 10.4. The maximum Gasteiger partial charge on any atom is 0.232 e. The van der Waals surface area contributed by atoms with Crippen molar-refractivity contribution in [1.82, 2.24) is 0 Å². The molecule has 1 saturated heterocycles. The maximum absolute atomic E-state index is 11.6. The fourth-order valence-electron chi connectivity index (χ4n) is 2.26. The number of carbonyl (C=O) groups excluding carboxylic acids is 1. The van der Waals surface area contributed by atoms with Crippen LogP contribution in [0.25, 0.3) is 0 Å². The Bertz CT molecular complexity index is 464. The van der Waals surface area contributed by atoms with Crippen molar-refractivity contribution >= 4 is 5.91 Å². The summed E-state index contributed by atoms with van der Waals surface area (Å²) in [5.41, 5.74) is 7.82. The van der Waals surface area contributed by atoms with Gasteiger partial charge in [-0.1, -0.05) is 6.07 Å². The standard InChI is InChI=1S/C13H17NO3/c1-8-5-11(16-3)9(2)4-10(8)13(12(14)15)6-17-7-13/h4-5H,6-7H2,1-3H3,(H2,14,15). The van der Waals surface area contributed by atoms with Crippen LogP contribution in [0.3, 0.4) is 0 Å². The van der Waals surface area contributed by atoms with Gasteiger partial charge in [-0.05, 0) is 36.6 Å². The molecule has 0 spiro atoms. The lowest BCUT2D eigenvalue weighted by Gasteiger charge is -2.40. The first-order chi connectivity index (χ1) is 8.01. The zero-order valence-corrected chi connectivity index (χ0v) is 10.4. The highest BCUT2D eigenvalue weighted by Crippen LogP contribution is 2.36. The van der Waals surface area contributed by atoms with Crippen LogP contribution in [-0.2, 0) is 14.9 Å². The molecule has 4 nitrogen and oxygen atoms in total. The van der Waals surface area contributed by atoms with E-state index in [0.717, 1.165) is 22.4 Å². The Morgan fingerprint density at radius 3 is 2.41 bits per heavy atom. The average molecular weight is 235 g/mol. The lowest BCUT2D eigenvalue weighted by Crippen LogP contribution is -2.56. The van der Waals surface area contributed by atoms with Gasteiger partial charge in [-0.3, -0.25) is 4.79 Å². The number of nitrogens with two attached hydrogens (primary N) is 1. The van der Waals surface area contributed by atoms with E-state index >= 15 is 0 Å². The quantitative estimate of drug-likeness (QED) is 0.852. The summed E-state index contributed by atoms with van der Waals surface area (Å²) < 4.78 is 10.4. The summed E-state index contributed by atoms with van der Waals surface area (Å²) in [7, 11) is 1.64. The molecule has 2 N–H and O–H groups in total. The first-order valence-corrected chi connectivity index (χ1v) is 5.54. The number of amides is 1. The van der Waals surface area contributed by atoms with Crippen LogP contribution >= 0.6 is 0 Å². The van der Waals surface area contributed by atoms with Crippen molar-refractivity contribution in [2.45, 2.75) is 19.3 Å². The van der Waals surface area contributed by atoms with Gasteiger partial charge in [-0.2, -0.15) is 0 Å². The summed E-state index contributed by atoms with van der Waals surface area (Å²) in [5.74, 6) is 0.502. The molecule has 2 rings (SSSR count). The van der Waals surface area contributed by atoms with E-state index in [1.54, 1.807) is 7.11 Å². The summed E-state index contributed by atoms with van der Waals surface area (Å²) in [4.78, 5) is 11.6. The lowest BCUT2D eigenvalue weighted by molar-refractivity contribution is -0.141. The second-order valence-electron chi connectivity index (χ2n) is 4.58. The van der Waals surface area contributed by atoms with Crippen molar-refractivity contribution < 1.29 is 14.3 Å². The molecule has 0 saturated carbocycles. The van der Waals surface area contributed by atoms with Gasteiger partial charge < -0.3 is 15.2 Å². The fraction of sp³-hybridized carbons (Fsp3) is 0.462. The molecule has 1 aliphatic heterocycles. The molecule has 1 fully saturated rings. The smallest absolute Gasteiger partial charge is 0.232 e. The monoisotopic (exact) mass is 235 g/mol. The van der Waals surface area contributed by atoms with Crippen molar-refractivity contribution in [3.05, 3.63) is 28.8 Å². The van der Waals surface area contributed by atoms with Gasteiger partial charge in [-0.25, -0.2) is 0 Å². The molecule has 0 unspecified atom stereocenters. The van der Waals surface area contributed by atoms with Crippen molar-refractivity contribution in [3.8, 4) is 5.75 Å². The number of benzene rings is 1. The second-order valence-corrected chi connectivity index (χ2v) is 4.58. The predicted molar refractivity (Wildman–Crippen MR) is 64.2 cm³/mol. The lowest BCUT2D eigenvalue weighted by atomic mass is 9.75. The van der Waals surface area contributed by atoms with E-state index in [2.05, 4.69) is 0 Å². The number of aryl methyl sites for hydroxylation is 2. The van der Waals surface area contributed by atoms with Crippen molar-refractivity contribution in [1.29, 1.82) is 0 Å². The third-order valence-corrected chi connectivity index (χ3v) is 3.43. The Morgan fingerprint density at radius 2 is 2.00 bits per heavy atom. The molecule has 17 heavy (non-hydrogen) atoms. The van der Waals surface area contributed by atoms with Gasteiger partial charge in [0.05, 0.1) is 20.3 Å². The van der Waals surface area contributed by atoms with Gasteiger partial charge >= 0.3 is 0 Å². The number of methoxy groups -OCH3 is 1. The van der Waals surface area contributed by atoms with Crippen LogP contribution in [0.2, 0.25) is 0 Å². The molecule has 1 aliphatic rings. The van der Waals surface area contributed by atoms with Gasteiger partial charge in [0.25, 0.3) is 0 Å². The van der Waals surface area contributed by atoms with Gasteiger partial charge in [0.15, 0.2) is 0 Å². The minimum absolute atomic E-state index is 0.323. The summed E-state index contributed by atoms with van der Waals surface area (Å²) in [6, 6.07) is 3.91. The van der Waals surface area contributed by atoms with E-state index in [1.807, 2.05) is 26.0 Å². The van der Waals surface area contributed by atoms with Gasteiger partial charge in [0, 0.05) is 0 Å². The average Bonchev–Trinajstić information content (AvgIpc) is 2.20. The molecule has 0 radical (unpaired) electrons. The van der Waals surface area contributed by atoms with Crippen LogP contribution in [0.5, 0.6) is 5.75 Å². The Hall–Kier alpha value is -1.55. The molecule has 0 aromatic heterocycles. The molecule has 0 atom stereocenters. The number of ether oxygens (including phenoxy) is 2. The Balaban J connectivity index is 2.52. The van der Waals surface area contributed by atoms with Crippen molar-refractivity contribution in [2.75, 3.05) is 20.3 Å². The molecule has 4 heteroatoms. The summed E-state index contributed by atoms with van der Waals surface area (Å²) in [6.45, 7) is 4.65. The fourth-order valence-corrected chi connectivity index (χ4v) is 2.26. The zero-order chi connectivity index (χ0) is 12.6. The molecule has 1 aromatic carbocycles. The van der Waals surface area contributed by atoms with Crippen molar-refractivity contribution in [3.63, 3.8) is 0 Å². The van der Waals surface area contributed by atoms with Gasteiger partial charge in [-0.15, -0.1) is 0 Å². The molecular formula is C13H17NO3. The molecular weight excluding hydrogens is 218 g/mol. The third kappa shape index (κ3) is 1.69. The van der Waals surface area contributed by atoms with E-state index in [-0.39, 0.29) is 5.91 Å². The minimum atomic E-state index is -0.652. The highest BCUT2D eigenvalue weighted by molar-refractivity contribution is 5.88. The normalized spacial score (nSPS) is 17.4. The number of hydrogen-bond acceptors (Lipinski definition) is 3.